The van der Waals surface area contributed by atoms with Crippen molar-refractivity contribution in [2.75, 3.05) is 21.3 Å². The molecule has 0 aliphatic rings. The first kappa shape index (κ1) is 21.2. The van der Waals surface area contributed by atoms with Crippen molar-refractivity contribution in [2.24, 2.45) is 0 Å². The Kier molecular flexibility index (Phi) is 6.90. The normalized spacial score (nSPS) is 10.5. The number of nitrogens with zero attached hydrogens (tertiary/aromatic N) is 2. The topological polar surface area (TPSA) is 92.9 Å². The number of esters is 1. The molecule has 8 nitrogen and oxygen atoms in total. The standard InChI is InChI=1S/C22H24N2O6/c1-14-6-5-7-16(10-14)22-24-23-19(30-22)13-29-20(25)9-8-15-11-17(26-2)21(28-4)18(12-15)27-3/h5-7,10-12H,8-9,13H2,1-4H3. The van der Waals surface area contributed by atoms with Crippen LogP contribution in [0, 0.1) is 6.92 Å². The van der Waals surface area contributed by atoms with Gasteiger partial charge in [-0.05, 0) is 43.2 Å². The third kappa shape index (κ3) is 5.08. The van der Waals surface area contributed by atoms with Crippen molar-refractivity contribution in [3.05, 3.63) is 53.4 Å². The van der Waals surface area contributed by atoms with Crippen molar-refractivity contribution < 1.29 is 28.2 Å². The van der Waals surface area contributed by atoms with E-state index in [2.05, 4.69) is 10.2 Å². The lowest BCUT2D eigenvalue weighted by molar-refractivity contribution is -0.145. The highest BCUT2D eigenvalue weighted by atomic mass is 16.5. The minimum Gasteiger partial charge on any atom is -0.493 e. The van der Waals surface area contributed by atoms with Crippen LogP contribution in [0.2, 0.25) is 0 Å². The summed E-state index contributed by atoms with van der Waals surface area (Å²) in [7, 11) is 4.63. The second-order valence-electron chi connectivity index (χ2n) is 6.56. The van der Waals surface area contributed by atoms with Crippen LogP contribution < -0.4 is 14.2 Å². The van der Waals surface area contributed by atoms with Crippen LogP contribution in [0.1, 0.15) is 23.4 Å². The number of hydrogen-bond acceptors (Lipinski definition) is 8. The number of methoxy groups -OCH3 is 3. The highest BCUT2D eigenvalue weighted by molar-refractivity contribution is 5.70. The molecule has 0 unspecified atom stereocenters. The fraction of sp³-hybridized carbons (Fsp3) is 0.318. The highest BCUT2D eigenvalue weighted by Gasteiger charge is 2.15. The summed E-state index contributed by atoms with van der Waals surface area (Å²) < 4.78 is 26.8. The second-order valence-corrected chi connectivity index (χ2v) is 6.56. The van der Waals surface area contributed by atoms with Gasteiger partial charge in [0.15, 0.2) is 18.1 Å². The number of aromatic nitrogens is 2. The zero-order chi connectivity index (χ0) is 21.5. The number of benzene rings is 2. The molecule has 1 heterocycles. The van der Waals surface area contributed by atoms with Crippen LogP contribution in [-0.4, -0.2) is 37.5 Å². The number of carbonyl (C=O) groups excluding carboxylic acids is 1. The lowest BCUT2D eigenvalue weighted by Crippen LogP contribution is -2.06. The van der Waals surface area contributed by atoms with E-state index in [1.807, 2.05) is 31.2 Å². The number of rotatable bonds is 9. The van der Waals surface area contributed by atoms with Gasteiger partial charge in [-0.3, -0.25) is 4.79 Å². The Labute approximate surface area is 174 Å². The zero-order valence-corrected chi connectivity index (χ0v) is 17.4. The van der Waals surface area contributed by atoms with Crippen LogP contribution in [0.25, 0.3) is 11.5 Å². The predicted octanol–water partition coefficient (Wildman–Crippen LogP) is 3.75. The van der Waals surface area contributed by atoms with Gasteiger partial charge in [-0.25, -0.2) is 0 Å². The van der Waals surface area contributed by atoms with E-state index >= 15 is 0 Å². The monoisotopic (exact) mass is 412 g/mol. The molecular formula is C22H24N2O6. The van der Waals surface area contributed by atoms with E-state index in [0.717, 1.165) is 16.7 Å². The molecule has 0 radical (unpaired) electrons. The summed E-state index contributed by atoms with van der Waals surface area (Å²) in [5, 5.41) is 7.94. The molecule has 8 heteroatoms. The van der Waals surface area contributed by atoms with E-state index in [1.54, 1.807) is 33.5 Å². The number of carbonyl (C=O) groups is 1. The van der Waals surface area contributed by atoms with E-state index in [-0.39, 0.29) is 24.9 Å². The Bertz CT molecular complexity index is 989. The lowest BCUT2D eigenvalue weighted by Gasteiger charge is -2.14. The molecule has 30 heavy (non-hydrogen) atoms. The maximum atomic E-state index is 12.1. The summed E-state index contributed by atoms with van der Waals surface area (Å²) in [4.78, 5) is 12.1. The zero-order valence-electron chi connectivity index (χ0n) is 17.4. The van der Waals surface area contributed by atoms with Crippen LogP contribution in [0.4, 0.5) is 0 Å². The first-order valence-corrected chi connectivity index (χ1v) is 9.38. The van der Waals surface area contributed by atoms with Crippen molar-refractivity contribution in [2.45, 2.75) is 26.4 Å². The second kappa shape index (κ2) is 9.78. The van der Waals surface area contributed by atoms with Gasteiger partial charge in [0.25, 0.3) is 5.89 Å². The molecule has 0 aliphatic carbocycles. The quantitative estimate of drug-likeness (QED) is 0.491. The van der Waals surface area contributed by atoms with Crippen molar-refractivity contribution >= 4 is 5.97 Å². The Balaban J connectivity index is 1.56. The van der Waals surface area contributed by atoms with E-state index in [0.29, 0.717) is 29.6 Å². The van der Waals surface area contributed by atoms with Crippen LogP contribution in [0.3, 0.4) is 0 Å². The van der Waals surface area contributed by atoms with Gasteiger partial charge in [0.05, 0.1) is 21.3 Å². The molecule has 158 valence electrons. The smallest absolute Gasteiger partial charge is 0.306 e. The van der Waals surface area contributed by atoms with E-state index < -0.39 is 0 Å². The summed E-state index contributed by atoms with van der Waals surface area (Å²) in [6.45, 7) is 1.91. The molecule has 0 fully saturated rings. The third-order valence-corrected chi connectivity index (χ3v) is 4.43. The minimum atomic E-state index is -0.376. The SMILES string of the molecule is COc1cc(CCC(=O)OCc2nnc(-c3cccc(C)c3)o2)cc(OC)c1OC. The van der Waals surface area contributed by atoms with Crippen molar-refractivity contribution in [3.63, 3.8) is 0 Å². The fourth-order valence-electron chi connectivity index (χ4n) is 2.95. The molecule has 0 spiro atoms. The molecule has 3 rings (SSSR count). The van der Waals surface area contributed by atoms with Crippen LogP contribution in [-0.2, 0) is 22.6 Å². The van der Waals surface area contributed by atoms with E-state index in [1.165, 1.54) is 0 Å². The maximum Gasteiger partial charge on any atom is 0.306 e. The summed E-state index contributed by atoms with van der Waals surface area (Å²) >= 11 is 0. The molecule has 3 aromatic rings. The van der Waals surface area contributed by atoms with E-state index in [9.17, 15) is 4.79 Å². The van der Waals surface area contributed by atoms with Gasteiger partial charge in [-0.1, -0.05) is 17.7 Å². The minimum absolute atomic E-state index is 0.0765. The van der Waals surface area contributed by atoms with Gasteiger partial charge in [0.2, 0.25) is 11.6 Å². The molecule has 0 atom stereocenters. The molecule has 2 aromatic carbocycles. The van der Waals surface area contributed by atoms with Gasteiger partial charge in [-0.2, -0.15) is 0 Å². The average Bonchev–Trinajstić information content (AvgIpc) is 3.24. The average molecular weight is 412 g/mol. The molecule has 1 aromatic heterocycles. The van der Waals surface area contributed by atoms with Crippen molar-refractivity contribution in [1.82, 2.24) is 10.2 Å². The number of hydrogen-bond donors (Lipinski definition) is 0. The maximum absolute atomic E-state index is 12.1. The van der Waals surface area contributed by atoms with Gasteiger partial charge in [-0.15, -0.1) is 10.2 Å². The molecule has 0 N–H and O–H groups in total. The first-order valence-electron chi connectivity index (χ1n) is 9.38. The van der Waals surface area contributed by atoms with Gasteiger partial charge >= 0.3 is 5.97 Å². The van der Waals surface area contributed by atoms with Crippen LogP contribution >= 0.6 is 0 Å². The molecule has 0 saturated heterocycles. The highest BCUT2D eigenvalue weighted by Crippen LogP contribution is 2.38. The Morgan fingerprint density at radius 2 is 1.73 bits per heavy atom. The molecule has 0 bridgehead atoms. The third-order valence-electron chi connectivity index (χ3n) is 4.43. The largest absolute Gasteiger partial charge is 0.493 e. The number of aryl methyl sites for hydroxylation is 2. The van der Waals surface area contributed by atoms with Gasteiger partial charge in [0, 0.05) is 12.0 Å². The van der Waals surface area contributed by atoms with E-state index in [4.69, 9.17) is 23.4 Å². The van der Waals surface area contributed by atoms with Gasteiger partial charge in [0.1, 0.15) is 0 Å². The Morgan fingerprint density at radius 3 is 2.37 bits per heavy atom. The molecule has 0 amide bonds. The van der Waals surface area contributed by atoms with Crippen molar-refractivity contribution in [3.8, 4) is 28.7 Å². The predicted molar refractivity (Wildman–Crippen MR) is 109 cm³/mol. The molecule has 0 saturated carbocycles. The molecular weight excluding hydrogens is 388 g/mol. The first-order chi connectivity index (χ1) is 14.5. The number of ether oxygens (including phenoxy) is 4. The Morgan fingerprint density at radius 1 is 1.00 bits per heavy atom. The summed E-state index contributed by atoms with van der Waals surface area (Å²) in [6.07, 6.45) is 0.630. The van der Waals surface area contributed by atoms with Crippen LogP contribution in [0.5, 0.6) is 17.2 Å². The summed E-state index contributed by atoms with van der Waals surface area (Å²) in [5.41, 5.74) is 2.77. The fourth-order valence-corrected chi connectivity index (χ4v) is 2.95. The van der Waals surface area contributed by atoms with Crippen molar-refractivity contribution in [1.29, 1.82) is 0 Å². The van der Waals surface area contributed by atoms with Crippen LogP contribution in [0.15, 0.2) is 40.8 Å². The Hall–Kier alpha value is -3.55. The lowest BCUT2D eigenvalue weighted by atomic mass is 10.1. The molecule has 0 aliphatic heterocycles. The van der Waals surface area contributed by atoms with Gasteiger partial charge < -0.3 is 23.4 Å². The summed E-state index contributed by atoms with van der Waals surface area (Å²) in [5.74, 6) is 1.84. The summed E-state index contributed by atoms with van der Waals surface area (Å²) in [6, 6.07) is 11.3.